The summed E-state index contributed by atoms with van der Waals surface area (Å²) < 4.78 is 14.1. The Hall–Kier alpha value is -1.19. The summed E-state index contributed by atoms with van der Waals surface area (Å²) in [6.07, 6.45) is 0.697. The molecule has 2 aromatic carbocycles. The zero-order chi connectivity index (χ0) is 13.1. The van der Waals surface area contributed by atoms with E-state index in [0.29, 0.717) is 6.42 Å². The minimum absolute atomic E-state index is 0.210. The normalized spacial score (nSPS) is 12.4. The average Bonchev–Trinajstić information content (AvgIpc) is 2.35. The van der Waals surface area contributed by atoms with Crippen LogP contribution in [0.2, 0.25) is 0 Å². The van der Waals surface area contributed by atoms with Crippen LogP contribution in [-0.2, 0) is 6.42 Å². The third-order valence-electron chi connectivity index (χ3n) is 2.93. The fraction of sp³-hybridized carbons (Fsp3) is 0.200. The van der Waals surface area contributed by atoms with Gasteiger partial charge in [0.25, 0.3) is 0 Å². The molecule has 0 aliphatic rings. The summed E-state index contributed by atoms with van der Waals surface area (Å²) in [4.78, 5) is 0. The van der Waals surface area contributed by atoms with Crippen molar-refractivity contribution in [3.8, 4) is 0 Å². The number of hydrogen-bond acceptors (Lipinski definition) is 1. The first-order valence-electron chi connectivity index (χ1n) is 5.82. The van der Waals surface area contributed by atoms with E-state index >= 15 is 0 Å². The molecule has 2 rings (SSSR count). The van der Waals surface area contributed by atoms with Crippen LogP contribution in [0.4, 0.5) is 4.39 Å². The Morgan fingerprint density at radius 1 is 1.17 bits per heavy atom. The Labute approximate surface area is 115 Å². The molecule has 0 amide bonds. The molecule has 18 heavy (non-hydrogen) atoms. The summed E-state index contributed by atoms with van der Waals surface area (Å²) in [6, 6.07) is 12.6. The molecule has 0 saturated carbocycles. The second-order valence-electron chi connectivity index (χ2n) is 4.46. The summed E-state index contributed by atoms with van der Waals surface area (Å²) in [5.41, 5.74) is 9.32. The largest absolute Gasteiger partial charge is 0.324 e. The maximum absolute atomic E-state index is 13.2. The highest BCUT2D eigenvalue weighted by Gasteiger charge is 2.11. The lowest BCUT2D eigenvalue weighted by Crippen LogP contribution is -2.14. The average molecular weight is 308 g/mol. The highest BCUT2D eigenvalue weighted by Crippen LogP contribution is 2.25. The fourth-order valence-electron chi connectivity index (χ4n) is 1.89. The van der Waals surface area contributed by atoms with E-state index in [4.69, 9.17) is 5.73 Å². The van der Waals surface area contributed by atoms with Gasteiger partial charge in [0.2, 0.25) is 0 Å². The van der Waals surface area contributed by atoms with E-state index < -0.39 is 0 Å². The van der Waals surface area contributed by atoms with Gasteiger partial charge in [-0.05, 0) is 42.7 Å². The molecule has 0 saturated heterocycles. The van der Waals surface area contributed by atoms with Gasteiger partial charge in [-0.2, -0.15) is 0 Å². The van der Waals surface area contributed by atoms with E-state index in [0.717, 1.165) is 15.6 Å². The monoisotopic (exact) mass is 307 g/mol. The van der Waals surface area contributed by atoms with Crippen molar-refractivity contribution in [3.63, 3.8) is 0 Å². The third kappa shape index (κ3) is 3.18. The maximum atomic E-state index is 13.2. The van der Waals surface area contributed by atoms with Crippen molar-refractivity contribution in [2.24, 2.45) is 5.73 Å². The van der Waals surface area contributed by atoms with Crippen molar-refractivity contribution >= 4 is 15.9 Å². The van der Waals surface area contributed by atoms with Crippen LogP contribution in [0, 0.1) is 12.7 Å². The minimum atomic E-state index is -0.257. The van der Waals surface area contributed by atoms with Crippen LogP contribution >= 0.6 is 15.9 Å². The van der Waals surface area contributed by atoms with E-state index in [9.17, 15) is 4.39 Å². The second kappa shape index (κ2) is 5.63. The third-order valence-corrected chi connectivity index (χ3v) is 3.66. The number of benzene rings is 2. The van der Waals surface area contributed by atoms with Crippen LogP contribution in [0.25, 0.3) is 0 Å². The van der Waals surface area contributed by atoms with Gasteiger partial charge >= 0.3 is 0 Å². The topological polar surface area (TPSA) is 26.0 Å². The van der Waals surface area contributed by atoms with Crippen LogP contribution < -0.4 is 5.73 Å². The quantitative estimate of drug-likeness (QED) is 0.906. The predicted molar refractivity (Wildman–Crippen MR) is 75.9 cm³/mol. The first kappa shape index (κ1) is 13.2. The number of nitrogens with two attached hydrogens (primary N) is 1. The maximum Gasteiger partial charge on any atom is 0.123 e. The first-order chi connectivity index (χ1) is 8.56. The molecule has 0 radical (unpaired) electrons. The standard InChI is InChI=1S/C15H15BrFN/c1-10-2-4-11(5-3-10)8-15(18)13-9-12(17)6-7-14(13)16/h2-7,9,15H,8,18H2,1H3. The molecule has 1 atom stereocenters. The van der Waals surface area contributed by atoms with Gasteiger partial charge in [-0.15, -0.1) is 0 Å². The van der Waals surface area contributed by atoms with Crippen molar-refractivity contribution < 1.29 is 4.39 Å². The number of rotatable bonds is 3. The van der Waals surface area contributed by atoms with E-state index in [1.807, 2.05) is 6.92 Å². The van der Waals surface area contributed by atoms with Gasteiger partial charge in [0.05, 0.1) is 0 Å². The van der Waals surface area contributed by atoms with Crippen molar-refractivity contribution in [2.45, 2.75) is 19.4 Å². The van der Waals surface area contributed by atoms with Crippen LogP contribution in [0.15, 0.2) is 46.9 Å². The molecular formula is C15H15BrFN. The highest BCUT2D eigenvalue weighted by atomic mass is 79.9. The van der Waals surface area contributed by atoms with Gasteiger partial charge in [0.15, 0.2) is 0 Å². The van der Waals surface area contributed by atoms with Crippen LogP contribution in [-0.4, -0.2) is 0 Å². The molecule has 0 heterocycles. The van der Waals surface area contributed by atoms with E-state index in [1.165, 1.54) is 17.7 Å². The van der Waals surface area contributed by atoms with Crippen LogP contribution in [0.1, 0.15) is 22.7 Å². The van der Waals surface area contributed by atoms with Crippen molar-refractivity contribution in [1.29, 1.82) is 0 Å². The van der Waals surface area contributed by atoms with Crippen molar-refractivity contribution in [2.75, 3.05) is 0 Å². The molecule has 1 unspecified atom stereocenters. The Kier molecular flexibility index (Phi) is 4.15. The van der Waals surface area contributed by atoms with Crippen LogP contribution in [0.3, 0.4) is 0 Å². The Morgan fingerprint density at radius 2 is 1.83 bits per heavy atom. The molecular weight excluding hydrogens is 293 g/mol. The SMILES string of the molecule is Cc1ccc(CC(N)c2cc(F)ccc2Br)cc1. The lowest BCUT2D eigenvalue weighted by Gasteiger charge is -2.14. The lowest BCUT2D eigenvalue weighted by atomic mass is 9.99. The molecule has 0 aliphatic heterocycles. The van der Waals surface area contributed by atoms with Gasteiger partial charge in [-0.1, -0.05) is 45.8 Å². The number of hydrogen-bond donors (Lipinski definition) is 1. The zero-order valence-corrected chi connectivity index (χ0v) is 11.7. The molecule has 0 aromatic heterocycles. The predicted octanol–water partition coefficient (Wildman–Crippen LogP) is 4.14. The lowest BCUT2D eigenvalue weighted by molar-refractivity contribution is 0.617. The Bertz CT molecular complexity index is 537. The van der Waals surface area contributed by atoms with Gasteiger partial charge in [0.1, 0.15) is 5.82 Å². The molecule has 3 heteroatoms. The molecule has 1 nitrogen and oxygen atoms in total. The highest BCUT2D eigenvalue weighted by molar-refractivity contribution is 9.10. The summed E-state index contributed by atoms with van der Waals surface area (Å²) in [5, 5.41) is 0. The molecule has 0 spiro atoms. The molecule has 0 fully saturated rings. The molecule has 94 valence electrons. The van der Waals surface area contributed by atoms with Gasteiger partial charge in [-0.3, -0.25) is 0 Å². The van der Waals surface area contributed by atoms with E-state index in [2.05, 4.69) is 40.2 Å². The zero-order valence-electron chi connectivity index (χ0n) is 10.2. The summed E-state index contributed by atoms with van der Waals surface area (Å²) in [5.74, 6) is -0.257. The Balaban J connectivity index is 2.18. The molecule has 2 N–H and O–H groups in total. The van der Waals surface area contributed by atoms with Gasteiger partial charge < -0.3 is 5.73 Å². The first-order valence-corrected chi connectivity index (χ1v) is 6.61. The molecule has 2 aromatic rings. The molecule has 0 aliphatic carbocycles. The molecule has 0 bridgehead atoms. The Morgan fingerprint density at radius 3 is 2.50 bits per heavy atom. The summed E-state index contributed by atoms with van der Waals surface area (Å²) >= 11 is 3.41. The van der Waals surface area contributed by atoms with Gasteiger partial charge in [-0.25, -0.2) is 4.39 Å². The summed E-state index contributed by atoms with van der Waals surface area (Å²) in [6.45, 7) is 2.05. The van der Waals surface area contributed by atoms with E-state index in [1.54, 1.807) is 6.07 Å². The smallest absolute Gasteiger partial charge is 0.123 e. The van der Waals surface area contributed by atoms with Crippen molar-refractivity contribution in [3.05, 3.63) is 69.4 Å². The van der Waals surface area contributed by atoms with Gasteiger partial charge in [0, 0.05) is 10.5 Å². The van der Waals surface area contributed by atoms with E-state index in [-0.39, 0.29) is 11.9 Å². The number of aryl methyl sites for hydroxylation is 1. The second-order valence-corrected chi connectivity index (χ2v) is 5.32. The van der Waals surface area contributed by atoms with Crippen molar-refractivity contribution in [1.82, 2.24) is 0 Å². The fourth-order valence-corrected chi connectivity index (χ4v) is 2.43. The van der Waals surface area contributed by atoms with Crippen LogP contribution in [0.5, 0.6) is 0 Å². The number of halogens is 2. The summed E-state index contributed by atoms with van der Waals surface area (Å²) in [7, 11) is 0. The minimum Gasteiger partial charge on any atom is -0.324 e.